The Bertz CT molecular complexity index is 703. The topological polar surface area (TPSA) is 54.7 Å². The quantitative estimate of drug-likeness (QED) is 0.868. The third-order valence-corrected chi connectivity index (χ3v) is 6.23. The lowest BCUT2D eigenvalue weighted by Crippen LogP contribution is -2.38. The highest BCUT2D eigenvalue weighted by atomic mass is 32.2. The second-order valence-electron chi connectivity index (χ2n) is 5.00. The van der Waals surface area contributed by atoms with E-state index in [9.17, 15) is 8.42 Å². The van der Waals surface area contributed by atoms with Crippen molar-refractivity contribution in [1.82, 2.24) is 13.7 Å². The van der Waals surface area contributed by atoms with Crippen LogP contribution in [0.25, 0.3) is 5.65 Å². The summed E-state index contributed by atoms with van der Waals surface area (Å²) in [7, 11) is -3.04. The van der Waals surface area contributed by atoms with Gasteiger partial charge in [0.25, 0.3) is 0 Å². The first kappa shape index (κ1) is 13.9. The van der Waals surface area contributed by atoms with Crippen LogP contribution in [0.1, 0.15) is 12.8 Å². The van der Waals surface area contributed by atoms with Crippen LogP contribution in [-0.2, 0) is 10.0 Å². The van der Waals surface area contributed by atoms with Crippen molar-refractivity contribution < 1.29 is 8.42 Å². The minimum Gasteiger partial charge on any atom is -0.294 e. The van der Waals surface area contributed by atoms with Gasteiger partial charge in [0.2, 0.25) is 10.0 Å². The summed E-state index contributed by atoms with van der Waals surface area (Å²) in [5, 5.41) is 1.62. The van der Waals surface area contributed by atoms with Crippen molar-refractivity contribution in [2.24, 2.45) is 0 Å². The zero-order chi connectivity index (χ0) is 14.2. The summed E-state index contributed by atoms with van der Waals surface area (Å²) in [6, 6.07) is 6.08. The van der Waals surface area contributed by atoms with Gasteiger partial charge < -0.3 is 0 Å². The number of fused-ring (bicyclic) bond motifs is 1. The Kier molecular flexibility index (Phi) is 3.74. The fourth-order valence-electron chi connectivity index (χ4n) is 2.47. The van der Waals surface area contributed by atoms with E-state index in [0.717, 1.165) is 23.5 Å². The van der Waals surface area contributed by atoms with Gasteiger partial charge in [-0.25, -0.2) is 17.7 Å². The first-order valence-electron chi connectivity index (χ1n) is 6.58. The second kappa shape index (κ2) is 5.38. The number of nitrogens with zero attached hydrogens (tertiary/aromatic N) is 3. The normalized spacial score (nSPS) is 18.6. The maximum Gasteiger partial charge on any atom is 0.211 e. The number of thioether (sulfide) groups is 1. The van der Waals surface area contributed by atoms with Crippen molar-refractivity contribution in [2.45, 2.75) is 23.1 Å². The van der Waals surface area contributed by atoms with Crippen LogP contribution < -0.4 is 0 Å². The van der Waals surface area contributed by atoms with Crippen LogP contribution in [0.5, 0.6) is 0 Å². The molecule has 1 saturated heterocycles. The molecule has 0 bridgehead atoms. The molecule has 0 radical (unpaired) electrons. The van der Waals surface area contributed by atoms with Crippen LogP contribution in [0.3, 0.4) is 0 Å². The van der Waals surface area contributed by atoms with E-state index in [0.29, 0.717) is 18.3 Å². The number of sulfonamides is 1. The molecule has 20 heavy (non-hydrogen) atoms. The molecule has 0 atom stereocenters. The molecule has 0 aliphatic carbocycles. The summed E-state index contributed by atoms with van der Waals surface area (Å²) in [5.41, 5.74) is 0.948. The molecule has 0 unspecified atom stereocenters. The Morgan fingerprint density at radius 2 is 2.05 bits per heavy atom. The van der Waals surface area contributed by atoms with E-state index >= 15 is 0 Å². The Morgan fingerprint density at radius 3 is 2.75 bits per heavy atom. The number of hydrogen-bond donors (Lipinski definition) is 0. The summed E-state index contributed by atoms with van der Waals surface area (Å²) in [4.78, 5) is 4.28. The average molecular weight is 311 g/mol. The predicted molar refractivity (Wildman–Crippen MR) is 80.5 cm³/mol. The monoisotopic (exact) mass is 311 g/mol. The molecule has 1 aliphatic heterocycles. The zero-order valence-electron chi connectivity index (χ0n) is 11.3. The smallest absolute Gasteiger partial charge is 0.211 e. The molecule has 108 valence electrons. The molecule has 7 heteroatoms. The molecule has 2 aromatic heterocycles. The molecule has 0 N–H and O–H groups in total. The average Bonchev–Trinajstić information content (AvgIpc) is 2.88. The highest BCUT2D eigenvalue weighted by Crippen LogP contribution is 2.31. The summed E-state index contributed by atoms with van der Waals surface area (Å²) in [6.45, 7) is 1.24. The predicted octanol–water partition coefficient (Wildman–Crippen LogP) is 1.85. The van der Waals surface area contributed by atoms with E-state index in [2.05, 4.69) is 15.5 Å². The summed E-state index contributed by atoms with van der Waals surface area (Å²) < 4.78 is 26.6. The summed E-state index contributed by atoms with van der Waals surface area (Å²) in [5.74, 6) is 0. The van der Waals surface area contributed by atoms with Crippen LogP contribution >= 0.6 is 11.8 Å². The van der Waals surface area contributed by atoms with Crippen molar-refractivity contribution in [3.8, 4) is 0 Å². The van der Waals surface area contributed by atoms with Gasteiger partial charge >= 0.3 is 0 Å². The summed E-state index contributed by atoms with van der Waals surface area (Å²) >= 11 is 1.81. The minimum absolute atomic E-state index is 0.459. The highest BCUT2D eigenvalue weighted by molar-refractivity contribution is 7.99. The van der Waals surface area contributed by atoms with Crippen molar-refractivity contribution in [3.05, 3.63) is 30.6 Å². The lowest BCUT2D eigenvalue weighted by molar-refractivity contribution is 0.355. The molecular formula is C13H17N3O2S2. The Labute approximate surface area is 123 Å². The minimum atomic E-state index is -3.04. The Morgan fingerprint density at radius 1 is 1.30 bits per heavy atom. The van der Waals surface area contributed by atoms with Crippen LogP contribution in [0, 0.1) is 0 Å². The Hall–Kier alpha value is -1.05. The molecule has 5 nitrogen and oxygen atoms in total. The van der Waals surface area contributed by atoms with E-state index in [1.165, 1.54) is 6.26 Å². The van der Waals surface area contributed by atoms with Gasteiger partial charge in [-0.1, -0.05) is 6.07 Å². The molecular weight excluding hydrogens is 294 g/mol. The molecule has 1 fully saturated rings. The van der Waals surface area contributed by atoms with E-state index in [4.69, 9.17) is 0 Å². The van der Waals surface area contributed by atoms with Gasteiger partial charge in [0.05, 0.1) is 11.3 Å². The number of piperidine rings is 1. The maximum atomic E-state index is 11.5. The van der Waals surface area contributed by atoms with E-state index in [1.807, 2.05) is 30.1 Å². The molecule has 3 rings (SSSR count). The van der Waals surface area contributed by atoms with Gasteiger partial charge in [0.1, 0.15) is 5.65 Å². The molecule has 0 aromatic carbocycles. The first-order valence-corrected chi connectivity index (χ1v) is 9.31. The van der Waals surface area contributed by atoms with Crippen molar-refractivity contribution in [3.63, 3.8) is 0 Å². The first-order chi connectivity index (χ1) is 9.54. The molecule has 0 saturated carbocycles. The second-order valence-corrected chi connectivity index (χ2v) is 8.30. The van der Waals surface area contributed by atoms with Crippen LogP contribution in [-0.4, -0.2) is 46.7 Å². The number of pyridine rings is 1. The molecule has 0 amide bonds. The lowest BCUT2D eigenvalue weighted by Gasteiger charge is -2.29. The van der Waals surface area contributed by atoms with Gasteiger partial charge in [-0.3, -0.25) is 4.40 Å². The Balaban J connectivity index is 1.70. The largest absolute Gasteiger partial charge is 0.294 e. The van der Waals surface area contributed by atoms with E-state index in [1.54, 1.807) is 10.5 Å². The number of imidazole rings is 1. The molecule has 1 aliphatic rings. The van der Waals surface area contributed by atoms with Gasteiger partial charge in [-0.2, -0.15) is 0 Å². The fourth-order valence-corrected chi connectivity index (χ4v) is 4.56. The molecule has 3 heterocycles. The van der Waals surface area contributed by atoms with Crippen LogP contribution in [0.2, 0.25) is 0 Å². The number of rotatable bonds is 3. The highest BCUT2D eigenvalue weighted by Gasteiger charge is 2.25. The fraction of sp³-hybridized carbons (Fsp3) is 0.462. The van der Waals surface area contributed by atoms with Crippen molar-refractivity contribution in [2.75, 3.05) is 19.3 Å². The molecule has 2 aromatic rings. The van der Waals surface area contributed by atoms with Gasteiger partial charge in [-0.05, 0) is 25.0 Å². The standard InChI is InChI=1S/C13H17N3O2S2/c1-20(17,18)15-8-5-11(6-9-15)19-13-4-2-3-12-14-7-10-16(12)13/h2-4,7,10-11H,5-6,8-9H2,1H3. The third kappa shape index (κ3) is 2.84. The third-order valence-electron chi connectivity index (χ3n) is 3.55. The summed E-state index contributed by atoms with van der Waals surface area (Å²) in [6.07, 6.45) is 6.83. The SMILES string of the molecule is CS(=O)(=O)N1CCC(Sc2cccc3nccn23)CC1. The van der Waals surface area contributed by atoms with Gasteiger partial charge in [0.15, 0.2) is 0 Å². The van der Waals surface area contributed by atoms with Crippen LogP contribution in [0.15, 0.2) is 35.6 Å². The van der Waals surface area contributed by atoms with E-state index < -0.39 is 10.0 Å². The maximum absolute atomic E-state index is 11.5. The van der Waals surface area contributed by atoms with Gasteiger partial charge in [0, 0.05) is 30.7 Å². The van der Waals surface area contributed by atoms with Crippen molar-refractivity contribution >= 4 is 27.4 Å². The lowest BCUT2D eigenvalue weighted by atomic mass is 10.2. The number of hydrogen-bond acceptors (Lipinski definition) is 4. The van der Waals surface area contributed by atoms with Gasteiger partial charge in [-0.15, -0.1) is 11.8 Å². The number of aromatic nitrogens is 2. The van der Waals surface area contributed by atoms with E-state index in [-0.39, 0.29) is 0 Å². The zero-order valence-corrected chi connectivity index (χ0v) is 12.9. The van der Waals surface area contributed by atoms with Crippen LogP contribution in [0.4, 0.5) is 0 Å². The molecule has 0 spiro atoms. The van der Waals surface area contributed by atoms with Crippen molar-refractivity contribution in [1.29, 1.82) is 0 Å².